The molecule has 0 aliphatic carbocycles. The van der Waals surface area contributed by atoms with Gasteiger partial charge in [-0.1, -0.05) is 0 Å². The molecular formula is C20H22N3OPSe. The Kier molecular flexibility index (Phi) is 6.87. The summed E-state index contributed by atoms with van der Waals surface area (Å²) in [5.41, 5.74) is 1.26. The summed E-state index contributed by atoms with van der Waals surface area (Å²) in [6.07, 6.45) is 10.6. The first-order chi connectivity index (χ1) is 12.7. The third-order valence-corrected chi connectivity index (χ3v) is 11.1. The van der Waals surface area contributed by atoms with Gasteiger partial charge in [0.25, 0.3) is 0 Å². The molecule has 3 heterocycles. The van der Waals surface area contributed by atoms with E-state index in [0.29, 0.717) is 0 Å². The summed E-state index contributed by atoms with van der Waals surface area (Å²) in [4.78, 5) is 12.9. The van der Waals surface area contributed by atoms with E-state index in [1.807, 2.05) is 60.9 Å². The van der Waals surface area contributed by atoms with Crippen molar-refractivity contribution in [1.82, 2.24) is 15.0 Å². The maximum absolute atomic E-state index is 11.1. The van der Waals surface area contributed by atoms with E-state index < -0.39 is 11.4 Å². The van der Waals surface area contributed by atoms with Gasteiger partial charge in [0.2, 0.25) is 0 Å². The topological polar surface area (TPSA) is 58.9 Å². The second kappa shape index (κ2) is 9.34. The standard InChI is InChI=1S/C20H22N3OPSe/c24-20(17-7-13-21-14-8-17)25(26,15-9-18-5-1-3-11-22-18)16-10-19-6-2-4-12-23-19/h1-8,11-14,20,24H,9-10,15-16H2. The zero-order valence-corrected chi connectivity index (χ0v) is 17.1. The van der Waals surface area contributed by atoms with Gasteiger partial charge in [-0.05, 0) is 0 Å². The zero-order chi connectivity index (χ0) is 18.2. The van der Waals surface area contributed by atoms with E-state index in [9.17, 15) is 5.11 Å². The van der Waals surface area contributed by atoms with E-state index in [-0.39, 0.29) is 0 Å². The Morgan fingerprint density at radius 2 is 1.35 bits per heavy atom. The quantitative estimate of drug-likeness (QED) is 0.440. The van der Waals surface area contributed by atoms with E-state index in [1.165, 1.54) is 0 Å². The van der Waals surface area contributed by atoms with E-state index in [4.69, 9.17) is 0 Å². The van der Waals surface area contributed by atoms with Gasteiger partial charge in [-0.2, -0.15) is 0 Å². The third kappa shape index (κ3) is 5.18. The Balaban J connectivity index is 1.78. The number of aryl methyl sites for hydroxylation is 2. The molecule has 4 nitrogen and oxygen atoms in total. The van der Waals surface area contributed by atoms with Gasteiger partial charge in [-0.3, -0.25) is 0 Å². The monoisotopic (exact) mass is 431 g/mol. The second-order valence-corrected chi connectivity index (χ2v) is 14.1. The maximum atomic E-state index is 11.1. The van der Waals surface area contributed by atoms with E-state index in [0.717, 1.165) is 42.1 Å². The van der Waals surface area contributed by atoms with Gasteiger partial charge in [0, 0.05) is 0 Å². The first-order valence-corrected chi connectivity index (χ1v) is 13.1. The summed E-state index contributed by atoms with van der Waals surface area (Å²) in [6, 6.07) is 15.8. The fourth-order valence-corrected chi connectivity index (χ4v) is 7.42. The van der Waals surface area contributed by atoms with Crippen LogP contribution in [-0.4, -0.2) is 47.5 Å². The van der Waals surface area contributed by atoms with Crippen LogP contribution in [-0.2, 0) is 12.8 Å². The fourth-order valence-electron chi connectivity index (χ4n) is 2.86. The van der Waals surface area contributed by atoms with Crippen LogP contribution >= 0.6 is 5.51 Å². The molecule has 0 aliphatic rings. The molecule has 134 valence electrons. The van der Waals surface area contributed by atoms with Gasteiger partial charge >= 0.3 is 162 Å². The van der Waals surface area contributed by atoms with Crippen molar-refractivity contribution in [3.05, 3.63) is 90.3 Å². The predicted octanol–water partition coefficient (Wildman–Crippen LogP) is 3.45. The van der Waals surface area contributed by atoms with Crippen molar-refractivity contribution in [3.8, 4) is 0 Å². The summed E-state index contributed by atoms with van der Waals surface area (Å²) in [6.45, 7) is 0. The van der Waals surface area contributed by atoms with Crippen molar-refractivity contribution in [2.24, 2.45) is 0 Å². The average molecular weight is 430 g/mol. The number of aliphatic hydroxyl groups is 1. The Hall–Kier alpha value is -1.64. The predicted molar refractivity (Wildman–Crippen MR) is 107 cm³/mol. The number of pyridine rings is 3. The van der Waals surface area contributed by atoms with Crippen LogP contribution in [0.5, 0.6) is 0 Å². The van der Waals surface area contributed by atoms with Crippen LogP contribution < -0.4 is 0 Å². The SMILES string of the molecule is OC(c1ccncc1)P(=[Se])(CCc1ccccn1)CCc1ccccn1. The molecule has 0 spiro atoms. The molecule has 1 atom stereocenters. The first kappa shape index (κ1) is 19.1. The molecule has 0 saturated heterocycles. The molecule has 0 saturated carbocycles. The minimum absolute atomic E-state index is 0.502. The van der Waals surface area contributed by atoms with Gasteiger partial charge in [0.15, 0.2) is 0 Å². The number of aromatic nitrogens is 3. The van der Waals surface area contributed by atoms with Crippen LogP contribution in [0.1, 0.15) is 22.8 Å². The Morgan fingerprint density at radius 1 is 0.808 bits per heavy atom. The summed E-state index contributed by atoms with van der Waals surface area (Å²) in [5.74, 6) is -0.502. The number of nitrogens with zero attached hydrogens (tertiary/aromatic N) is 3. The molecule has 6 heteroatoms. The Morgan fingerprint density at radius 3 is 1.81 bits per heavy atom. The van der Waals surface area contributed by atoms with Crippen molar-refractivity contribution >= 4 is 20.6 Å². The summed E-state index contributed by atoms with van der Waals surface area (Å²) in [7, 11) is 0. The fraction of sp³-hybridized carbons (Fsp3) is 0.250. The molecule has 3 aromatic heterocycles. The van der Waals surface area contributed by atoms with Crippen LogP contribution in [0.3, 0.4) is 0 Å². The molecule has 0 aromatic carbocycles. The zero-order valence-electron chi connectivity index (χ0n) is 14.5. The van der Waals surface area contributed by atoms with Gasteiger partial charge in [0.1, 0.15) is 0 Å². The third-order valence-electron chi connectivity index (χ3n) is 4.40. The van der Waals surface area contributed by atoms with Gasteiger partial charge in [-0.15, -0.1) is 0 Å². The number of hydrogen-bond acceptors (Lipinski definition) is 4. The molecule has 0 fully saturated rings. The van der Waals surface area contributed by atoms with Gasteiger partial charge < -0.3 is 0 Å². The Labute approximate surface area is 162 Å². The normalized spacial score (nSPS) is 12.7. The molecule has 3 aromatic rings. The first-order valence-electron chi connectivity index (χ1n) is 8.63. The molecule has 1 N–H and O–H groups in total. The summed E-state index contributed by atoms with van der Waals surface area (Å²) >= 11 is 3.41. The van der Waals surface area contributed by atoms with E-state index >= 15 is 0 Å². The molecule has 3 rings (SSSR count). The van der Waals surface area contributed by atoms with Crippen molar-refractivity contribution in [3.63, 3.8) is 0 Å². The van der Waals surface area contributed by atoms with Crippen molar-refractivity contribution < 1.29 is 5.11 Å². The van der Waals surface area contributed by atoms with Crippen LogP contribution in [0.4, 0.5) is 0 Å². The number of rotatable bonds is 8. The van der Waals surface area contributed by atoms with Crippen molar-refractivity contribution in [1.29, 1.82) is 0 Å². The van der Waals surface area contributed by atoms with Crippen LogP contribution in [0.25, 0.3) is 0 Å². The molecule has 0 aliphatic heterocycles. The van der Waals surface area contributed by atoms with Gasteiger partial charge in [0.05, 0.1) is 0 Å². The molecule has 1 unspecified atom stereocenters. The summed E-state index contributed by atoms with van der Waals surface area (Å²) < 4.78 is 0. The summed E-state index contributed by atoms with van der Waals surface area (Å²) in [5, 5.41) is 11.1. The van der Waals surface area contributed by atoms with E-state index in [1.54, 1.807) is 12.4 Å². The van der Waals surface area contributed by atoms with Crippen molar-refractivity contribution in [2.75, 3.05) is 12.3 Å². The minimum atomic E-state index is -1.79. The van der Waals surface area contributed by atoms with Crippen LogP contribution in [0.15, 0.2) is 73.3 Å². The molecular weight excluding hydrogens is 408 g/mol. The second-order valence-electron chi connectivity index (χ2n) is 6.20. The van der Waals surface area contributed by atoms with E-state index in [2.05, 4.69) is 30.0 Å². The molecule has 0 bridgehead atoms. The molecule has 0 amide bonds. The van der Waals surface area contributed by atoms with Crippen LogP contribution in [0.2, 0.25) is 0 Å². The molecule has 0 radical (unpaired) electrons. The number of hydrogen-bond donors (Lipinski definition) is 1. The van der Waals surface area contributed by atoms with Crippen molar-refractivity contribution in [2.45, 2.75) is 18.7 Å². The van der Waals surface area contributed by atoms with Crippen LogP contribution in [0, 0.1) is 0 Å². The van der Waals surface area contributed by atoms with Gasteiger partial charge in [-0.25, -0.2) is 0 Å². The Bertz CT molecular complexity index is 799. The number of aliphatic hydroxyl groups excluding tert-OH is 1. The average Bonchev–Trinajstić information content (AvgIpc) is 2.72. The molecule has 26 heavy (non-hydrogen) atoms.